The zero-order chi connectivity index (χ0) is 25.5. The summed E-state index contributed by atoms with van der Waals surface area (Å²) in [6, 6.07) is 32.4. The number of fused-ring (bicyclic) bond motifs is 2. The second-order valence-corrected chi connectivity index (χ2v) is 9.03. The highest BCUT2D eigenvalue weighted by Crippen LogP contribution is 2.39. The molecule has 4 aromatic carbocycles. The Kier molecular flexibility index (Phi) is 5.22. The van der Waals surface area contributed by atoms with Gasteiger partial charge in [-0.15, -0.1) is 0 Å². The molecule has 0 aliphatic carbocycles. The van der Waals surface area contributed by atoms with Crippen LogP contribution >= 0.6 is 0 Å². The number of anilines is 1. The summed E-state index contributed by atoms with van der Waals surface area (Å²) in [4.78, 5) is 24.1. The Balaban J connectivity index is 1.43. The standard InChI is InChI=1S/C32H21N3O3/c36-20-28-25(23-12-4-5-13-24(23)32-34-27-15-7-9-17-30(27)38-32)18-21(19-35(28)22-10-2-1-3-11-22)31-33-26-14-6-8-16-29(26)37-31/h1-20,28H. The number of benzene rings is 4. The molecule has 0 bridgehead atoms. The lowest BCUT2D eigenvalue weighted by atomic mass is 9.89. The number of rotatable bonds is 5. The van der Waals surface area contributed by atoms with Crippen LogP contribution in [0.4, 0.5) is 5.69 Å². The highest BCUT2D eigenvalue weighted by atomic mass is 16.4. The first kappa shape index (κ1) is 22.0. The number of oxazole rings is 2. The summed E-state index contributed by atoms with van der Waals surface area (Å²) in [6.07, 6.45) is 4.86. The summed E-state index contributed by atoms with van der Waals surface area (Å²) in [5, 5.41) is 0. The molecule has 1 unspecified atom stereocenters. The number of aromatic nitrogens is 2. The van der Waals surface area contributed by atoms with Crippen LogP contribution in [0.2, 0.25) is 0 Å². The van der Waals surface area contributed by atoms with E-state index < -0.39 is 6.04 Å². The van der Waals surface area contributed by atoms with Crippen molar-refractivity contribution in [2.75, 3.05) is 4.90 Å². The number of aldehydes is 1. The van der Waals surface area contributed by atoms with Crippen molar-refractivity contribution in [2.24, 2.45) is 0 Å². The van der Waals surface area contributed by atoms with Gasteiger partial charge in [-0.1, -0.05) is 60.7 Å². The molecule has 7 rings (SSSR count). The normalized spacial score (nSPS) is 15.5. The maximum absolute atomic E-state index is 12.7. The van der Waals surface area contributed by atoms with Crippen molar-refractivity contribution in [1.82, 2.24) is 9.97 Å². The first-order valence-corrected chi connectivity index (χ1v) is 12.3. The third kappa shape index (κ3) is 3.71. The fourth-order valence-corrected chi connectivity index (χ4v) is 4.90. The average molecular weight is 496 g/mol. The van der Waals surface area contributed by atoms with E-state index in [-0.39, 0.29) is 0 Å². The van der Waals surface area contributed by atoms with Gasteiger partial charge in [0.2, 0.25) is 11.8 Å². The quantitative estimate of drug-likeness (QED) is 0.237. The van der Waals surface area contributed by atoms with Gasteiger partial charge in [-0.25, -0.2) is 9.97 Å². The lowest BCUT2D eigenvalue weighted by Gasteiger charge is -2.33. The molecule has 182 valence electrons. The second kappa shape index (κ2) is 9.01. The van der Waals surface area contributed by atoms with Crippen molar-refractivity contribution >= 4 is 45.3 Å². The van der Waals surface area contributed by atoms with Crippen LogP contribution in [0.15, 0.2) is 124 Å². The number of hydrogen-bond donors (Lipinski definition) is 0. The minimum Gasteiger partial charge on any atom is -0.436 e. The van der Waals surface area contributed by atoms with E-state index in [9.17, 15) is 4.79 Å². The van der Waals surface area contributed by atoms with Crippen LogP contribution in [0, 0.1) is 0 Å². The van der Waals surface area contributed by atoms with E-state index in [0.717, 1.165) is 45.3 Å². The van der Waals surface area contributed by atoms with Gasteiger partial charge >= 0.3 is 0 Å². The fourth-order valence-electron chi connectivity index (χ4n) is 4.90. The summed E-state index contributed by atoms with van der Waals surface area (Å²) in [5.74, 6) is 0.977. The number of carbonyl (C=O) groups excluding carboxylic acids is 1. The minimum atomic E-state index is -0.587. The van der Waals surface area contributed by atoms with Crippen LogP contribution in [0.3, 0.4) is 0 Å². The third-order valence-electron chi connectivity index (χ3n) is 6.69. The highest BCUT2D eigenvalue weighted by Gasteiger charge is 2.30. The predicted molar refractivity (Wildman–Crippen MR) is 148 cm³/mol. The summed E-state index contributed by atoms with van der Waals surface area (Å²) in [7, 11) is 0. The molecule has 1 atom stereocenters. The zero-order valence-corrected chi connectivity index (χ0v) is 20.2. The first-order valence-electron chi connectivity index (χ1n) is 12.3. The van der Waals surface area contributed by atoms with Gasteiger partial charge in [0.25, 0.3) is 0 Å². The molecule has 0 saturated carbocycles. The van der Waals surface area contributed by atoms with Gasteiger partial charge in [-0.2, -0.15) is 0 Å². The number of para-hydroxylation sites is 5. The van der Waals surface area contributed by atoms with Crippen molar-refractivity contribution in [2.45, 2.75) is 6.04 Å². The molecule has 0 spiro atoms. The first-order chi connectivity index (χ1) is 18.8. The maximum atomic E-state index is 12.7. The van der Waals surface area contributed by atoms with Crippen LogP contribution in [0.25, 0.3) is 44.8 Å². The van der Waals surface area contributed by atoms with Gasteiger partial charge < -0.3 is 18.5 Å². The smallest absolute Gasteiger partial charge is 0.228 e. The van der Waals surface area contributed by atoms with E-state index in [1.54, 1.807) is 0 Å². The molecule has 38 heavy (non-hydrogen) atoms. The molecule has 0 amide bonds. The zero-order valence-electron chi connectivity index (χ0n) is 20.2. The SMILES string of the molecule is O=CC1C(c2ccccc2-c2nc3ccccc3o2)=CC(c2nc3ccccc3o2)=CN1c1ccccc1. The topological polar surface area (TPSA) is 72.4 Å². The molecule has 0 N–H and O–H groups in total. The van der Waals surface area contributed by atoms with Gasteiger partial charge in [0, 0.05) is 17.5 Å². The molecule has 1 aliphatic rings. The Hall–Kier alpha value is -5.23. The monoisotopic (exact) mass is 495 g/mol. The Morgan fingerprint density at radius 2 is 1.24 bits per heavy atom. The lowest BCUT2D eigenvalue weighted by molar-refractivity contribution is -0.107. The van der Waals surface area contributed by atoms with Crippen LogP contribution < -0.4 is 4.90 Å². The van der Waals surface area contributed by atoms with Crippen molar-refractivity contribution in [3.63, 3.8) is 0 Å². The highest BCUT2D eigenvalue weighted by molar-refractivity contribution is 6.00. The van der Waals surface area contributed by atoms with E-state index in [1.165, 1.54) is 0 Å². The van der Waals surface area contributed by atoms with Crippen LogP contribution in [-0.2, 0) is 4.79 Å². The van der Waals surface area contributed by atoms with E-state index in [2.05, 4.69) is 0 Å². The third-order valence-corrected chi connectivity index (χ3v) is 6.69. The van der Waals surface area contributed by atoms with Crippen molar-refractivity contribution in [3.05, 3.63) is 127 Å². The molecule has 0 saturated heterocycles. The van der Waals surface area contributed by atoms with Gasteiger partial charge in [0.15, 0.2) is 11.2 Å². The van der Waals surface area contributed by atoms with Crippen molar-refractivity contribution < 1.29 is 13.6 Å². The lowest BCUT2D eigenvalue weighted by Crippen LogP contribution is -2.35. The molecule has 6 aromatic rings. The Labute approximate surface area is 218 Å². The largest absolute Gasteiger partial charge is 0.436 e. The fraction of sp³-hybridized carbons (Fsp3) is 0.0312. The average Bonchev–Trinajstić information content (AvgIpc) is 3.61. The molecule has 6 nitrogen and oxygen atoms in total. The van der Waals surface area contributed by atoms with Gasteiger partial charge in [-0.3, -0.25) is 0 Å². The van der Waals surface area contributed by atoms with Gasteiger partial charge in [-0.05, 0) is 59.7 Å². The van der Waals surface area contributed by atoms with Crippen molar-refractivity contribution in [3.8, 4) is 11.5 Å². The molecule has 3 heterocycles. The number of allylic oxidation sites excluding steroid dienone is 2. The Morgan fingerprint density at radius 1 is 0.658 bits per heavy atom. The number of nitrogens with zero attached hydrogens (tertiary/aromatic N) is 3. The summed E-state index contributed by atoms with van der Waals surface area (Å²) >= 11 is 0. The summed E-state index contributed by atoms with van der Waals surface area (Å²) in [6.45, 7) is 0. The van der Waals surface area contributed by atoms with Gasteiger partial charge in [0.1, 0.15) is 23.4 Å². The molecule has 6 heteroatoms. The number of carbonyl (C=O) groups is 1. The predicted octanol–water partition coefficient (Wildman–Crippen LogP) is 7.15. The van der Waals surface area contributed by atoms with Crippen LogP contribution in [0.5, 0.6) is 0 Å². The van der Waals surface area contributed by atoms with Crippen molar-refractivity contribution in [1.29, 1.82) is 0 Å². The molecular weight excluding hydrogens is 474 g/mol. The minimum absolute atomic E-state index is 0.480. The van der Waals surface area contributed by atoms with E-state index in [1.807, 2.05) is 120 Å². The molecule has 0 fully saturated rings. The summed E-state index contributed by atoms with van der Waals surface area (Å²) < 4.78 is 12.3. The number of hydrogen-bond acceptors (Lipinski definition) is 6. The Bertz CT molecular complexity index is 1800. The van der Waals surface area contributed by atoms with Crippen LogP contribution in [0.1, 0.15) is 11.5 Å². The van der Waals surface area contributed by atoms with E-state index in [0.29, 0.717) is 22.9 Å². The molecule has 2 aromatic heterocycles. The summed E-state index contributed by atoms with van der Waals surface area (Å²) in [5.41, 5.74) is 7.03. The van der Waals surface area contributed by atoms with E-state index >= 15 is 0 Å². The maximum Gasteiger partial charge on any atom is 0.228 e. The Morgan fingerprint density at radius 3 is 1.92 bits per heavy atom. The molecular formula is C32H21N3O3. The van der Waals surface area contributed by atoms with E-state index in [4.69, 9.17) is 18.8 Å². The van der Waals surface area contributed by atoms with Crippen LogP contribution in [-0.4, -0.2) is 22.3 Å². The van der Waals surface area contributed by atoms with Gasteiger partial charge in [0.05, 0.1) is 5.57 Å². The second-order valence-electron chi connectivity index (χ2n) is 9.03. The molecule has 0 radical (unpaired) electrons. The molecule has 1 aliphatic heterocycles.